The maximum Gasteiger partial charge on any atom is 0.0903 e. The highest BCUT2D eigenvalue weighted by Gasteiger charge is 2.27. The zero-order valence-electron chi connectivity index (χ0n) is 6.04. The van der Waals surface area contributed by atoms with Crippen LogP contribution in [0.25, 0.3) is 0 Å². The summed E-state index contributed by atoms with van der Waals surface area (Å²) in [7, 11) is 0. The van der Waals surface area contributed by atoms with Gasteiger partial charge in [0.05, 0.1) is 23.5 Å². The van der Waals surface area contributed by atoms with Gasteiger partial charge in [0.2, 0.25) is 0 Å². The summed E-state index contributed by atoms with van der Waals surface area (Å²) in [5, 5.41) is 16.0. The fourth-order valence-corrected chi connectivity index (χ4v) is 1.14. The van der Waals surface area contributed by atoms with E-state index in [9.17, 15) is 5.11 Å². The van der Waals surface area contributed by atoms with Crippen molar-refractivity contribution in [3.05, 3.63) is 0 Å². The maximum absolute atomic E-state index is 9.25. The first-order valence-electron chi connectivity index (χ1n) is 3.21. The van der Waals surface area contributed by atoms with Crippen LogP contribution in [0, 0.1) is 0 Å². The molecule has 68 valence electrons. The summed E-state index contributed by atoms with van der Waals surface area (Å²) < 4.78 is 0. The van der Waals surface area contributed by atoms with Gasteiger partial charge in [-0.05, 0) is 6.92 Å². The van der Waals surface area contributed by atoms with Crippen LogP contribution in [0.1, 0.15) is 6.92 Å². The Kier molecular flexibility index (Phi) is 5.83. The van der Waals surface area contributed by atoms with E-state index >= 15 is 0 Å². The first kappa shape index (κ1) is 11.8. The quantitative estimate of drug-likeness (QED) is 0.700. The maximum atomic E-state index is 9.25. The number of aliphatic hydroxyl groups is 2. The number of alkyl halides is 3. The van der Waals surface area contributed by atoms with Gasteiger partial charge in [-0.3, -0.25) is 0 Å². The highest BCUT2D eigenvalue weighted by molar-refractivity contribution is 6.31. The minimum Gasteiger partial charge on any atom is -0.395 e. The predicted molar refractivity (Wildman–Crippen MR) is 47.7 cm³/mol. The van der Waals surface area contributed by atoms with Crippen molar-refractivity contribution >= 4 is 34.8 Å². The van der Waals surface area contributed by atoms with Crippen molar-refractivity contribution in [1.29, 1.82) is 0 Å². The molecular formula is C6H11Cl3O2. The molecule has 2 N–H and O–H groups in total. The minimum atomic E-state index is -0.976. The molecule has 0 unspecified atom stereocenters. The minimum absolute atomic E-state index is 0.310. The second-order valence-electron chi connectivity index (χ2n) is 2.31. The van der Waals surface area contributed by atoms with E-state index in [4.69, 9.17) is 39.9 Å². The Labute approximate surface area is 81.1 Å². The van der Waals surface area contributed by atoms with Gasteiger partial charge in [-0.2, -0.15) is 0 Å². The van der Waals surface area contributed by atoms with Crippen LogP contribution < -0.4 is 0 Å². The van der Waals surface area contributed by atoms with Crippen molar-refractivity contribution < 1.29 is 10.2 Å². The lowest BCUT2D eigenvalue weighted by atomic mass is 10.1. The molecule has 0 aliphatic heterocycles. The van der Waals surface area contributed by atoms with Gasteiger partial charge in [-0.15, -0.1) is 34.8 Å². The van der Waals surface area contributed by atoms with Gasteiger partial charge < -0.3 is 10.2 Å². The van der Waals surface area contributed by atoms with Crippen LogP contribution in [0.15, 0.2) is 0 Å². The fourth-order valence-electron chi connectivity index (χ4n) is 0.579. The molecule has 0 amide bonds. The zero-order valence-corrected chi connectivity index (χ0v) is 8.31. The molecule has 0 rings (SSSR count). The molecule has 0 aliphatic rings. The fraction of sp³-hybridized carbons (Fsp3) is 1.00. The van der Waals surface area contributed by atoms with Crippen LogP contribution in [0.4, 0.5) is 0 Å². The Morgan fingerprint density at radius 2 is 1.73 bits per heavy atom. The molecule has 0 aromatic carbocycles. The first-order valence-corrected chi connectivity index (χ1v) is 4.52. The first-order chi connectivity index (χ1) is 5.00. The lowest BCUT2D eigenvalue weighted by Crippen LogP contribution is -2.37. The van der Waals surface area contributed by atoms with E-state index < -0.39 is 16.9 Å². The lowest BCUT2D eigenvalue weighted by molar-refractivity contribution is 0.133. The van der Waals surface area contributed by atoms with Crippen LogP contribution in [0.3, 0.4) is 0 Å². The molecule has 0 aromatic heterocycles. The summed E-state index contributed by atoms with van der Waals surface area (Å²) in [4.78, 5) is 0. The van der Waals surface area contributed by atoms with Crippen LogP contribution in [-0.4, -0.2) is 39.1 Å². The number of halogens is 3. The third-order valence-corrected chi connectivity index (χ3v) is 2.74. The molecular weight excluding hydrogens is 210 g/mol. The summed E-state index contributed by atoms with van der Waals surface area (Å²) in [6, 6.07) is 0. The van der Waals surface area contributed by atoms with Gasteiger partial charge in [0.25, 0.3) is 0 Å². The molecule has 0 saturated heterocycles. The largest absolute Gasteiger partial charge is 0.395 e. The zero-order chi connectivity index (χ0) is 9.02. The molecule has 0 heterocycles. The van der Waals surface area contributed by atoms with Crippen LogP contribution >= 0.6 is 34.8 Å². The topological polar surface area (TPSA) is 40.5 Å². The van der Waals surface area contributed by atoms with Gasteiger partial charge in [0, 0.05) is 5.38 Å². The van der Waals surface area contributed by atoms with E-state index in [1.54, 1.807) is 6.92 Å². The molecule has 0 spiro atoms. The highest BCUT2D eigenvalue weighted by Crippen LogP contribution is 2.18. The Morgan fingerprint density at radius 1 is 1.27 bits per heavy atom. The lowest BCUT2D eigenvalue weighted by Gasteiger charge is -2.21. The molecule has 5 heteroatoms. The number of hydrogen-bond acceptors (Lipinski definition) is 2. The summed E-state index contributed by atoms with van der Waals surface area (Å²) in [5.41, 5.74) is 0. The van der Waals surface area contributed by atoms with Gasteiger partial charge in [0.1, 0.15) is 0 Å². The monoisotopic (exact) mass is 220 g/mol. The smallest absolute Gasteiger partial charge is 0.0903 e. The SMILES string of the molecule is C[C@@H](Cl)[C@@H](Cl)[C@@H](O)[C@H](Cl)CO. The van der Waals surface area contributed by atoms with Crippen molar-refractivity contribution in [2.24, 2.45) is 0 Å². The average molecular weight is 222 g/mol. The van der Waals surface area contributed by atoms with E-state index in [2.05, 4.69) is 0 Å². The average Bonchev–Trinajstić information content (AvgIpc) is 2.00. The highest BCUT2D eigenvalue weighted by atomic mass is 35.5. The summed E-state index contributed by atoms with van der Waals surface area (Å²) in [5.74, 6) is 0. The number of hydrogen-bond donors (Lipinski definition) is 2. The van der Waals surface area contributed by atoms with E-state index in [-0.39, 0.29) is 12.0 Å². The third kappa shape index (κ3) is 3.81. The van der Waals surface area contributed by atoms with Crippen molar-refractivity contribution in [3.63, 3.8) is 0 Å². The molecule has 2 nitrogen and oxygen atoms in total. The molecule has 11 heavy (non-hydrogen) atoms. The Bertz CT molecular complexity index is 110. The molecule has 0 saturated carbocycles. The van der Waals surface area contributed by atoms with Crippen LogP contribution in [0.5, 0.6) is 0 Å². The van der Waals surface area contributed by atoms with Gasteiger partial charge in [0.15, 0.2) is 0 Å². The Balaban J connectivity index is 3.90. The summed E-state index contributed by atoms with van der Waals surface area (Å²) >= 11 is 16.8. The molecule has 0 fully saturated rings. The van der Waals surface area contributed by atoms with Crippen LogP contribution in [-0.2, 0) is 0 Å². The van der Waals surface area contributed by atoms with E-state index in [1.165, 1.54) is 0 Å². The molecule has 4 atom stereocenters. The Morgan fingerprint density at radius 3 is 2.00 bits per heavy atom. The van der Waals surface area contributed by atoms with Crippen molar-refractivity contribution in [2.45, 2.75) is 29.2 Å². The van der Waals surface area contributed by atoms with E-state index in [1.807, 2.05) is 0 Å². The van der Waals surface area contributed by atoms with E-state index in [0.29, 0.717) is 0 Å². The van der Waals surface area contributed by atoms with Crippen molar-refractivity contribution in [3.8, 4) is 0 Å². The summed E-state index contributed by atoms with van der Waals surface area (Å²) in [6.45, 7) is 1.35. The molecule has 0 aliphatic carbocycles. The van der Waals surface area contributed by atoms with E-state index in [0.717, 1.165) is 0 Å². The number of rotatable bonds is 4. The molecule has 0 radical (unpaired) electrons. The molecule has 0 aromatic rings. The van der Waals surface area contributed by atoms with Crippen molar-refractivity contribution in [2.75, 3.05) is 6.61 Å². The standard InChI is InChI=1S/C6H11Cl3O2/c1-3(7)5(9)6(11)4(8)2-10/h3-6,10-11H,2H2,1H3/t3-,4-,5-,6+/m1/s1. The predicted octanol–water partition coefficient (Wildman–Crippen LogP) is 1.18. The van der Waals surface area contributed by atoms with Gasteiger partial charge in [-0.25, -0.2) is 0 Å². The summed E-state index contributed by atoms with van der Waals surface area (Å²) in [6.07, 6.45) is -0.976. The van der Waals surface area contributed by atoms with Gasteiger partial charge >= 0.3 is 0 Å². The van der Waals surface area contributed by atoms with Gasteiger partial charge in [-0.1, -0.05) is 0 Å². The second kappa shape index (κ2) is 5.44. The number of aliphatic hydroxyl groups excluding tert-OH is 2. The Hall–Kier alpha value is 0.790. The second-order valence-corrected chi connectivity index (χ2v) is 4.06. The molecule has 0 bridgehead atoms. The third-order valence-electron chi connectivity index (χ3n) is 1.31. The normalized spacial score (nSPS) is 22.4. The van der Waals surface area contributed by atoms with Crippen molar-refractivity contribution in [1.82, 2.24) is 0 Å². The van der Waals surface area contributed by atoms with Crippen LogP contribution in [0.2, 0.25) is 0 Å².